The van der Waals surface area contributed by atoms with Gasteiger partial charge in [0.2, 0.25) is 0 Å². The van der Waals surface area contributed by atoms with Gasteiger partial charge in [0.05, 0.1) is 17.6 Å². The van der Waals surface area contributed by atoms with Crippen LogP contribution in [-0.2, 0) is 17.5 Å². The van der Waals surface area contributed by atoms with Crippen LogP contribution in [-0.4, -0.2) is 27.7 Å². The number of benzene rings is 1. The third-order valence-electron chi connectivity index (χ3n) is 2.73. The fraction of sp³-hybridized carbons (Fsp3) is 0.250. The Morgan fingerprint density at radius 2 is 2.13 bits per heavy atom. The van der Waals surface area contributed by atoms with Gasteiger partial charge >= 0.3 is 12.3 Å². The van der Waals surface area contributed by atoms with Crippen molar-refractivity contribution in [3.63, 3.8) is 0 Å². The van der Waals surface area contributed by atoms with Crippen molar-refractivity contribution < 1.29 is 27.1 Å². The van der Waals surface area contributed by atoms with Crippen molar-refractivity contribution in [2.75, 3.05) is 6.61 Å². The van der Waals surface area contributed by atoms with Gasteiger partial charge in [-0.25, -0.2) is 13.9 Å². The summed E-state index contributed by atoms with van der Waals surface area (Å²) in [6.07, 6.45) is -4.71. The molecule has 0 atom stereocenters. The lowest BCUT2D eigenvalue weighted by atomic mass is 10.2. The highest BCUT2D eigenvalue weighted by atomic mass is 79.9. The maximum atomic E-state index is 13.7. The normalized spacial score (nSPS) is 12.7. The van der Waals surface area contributed by atoms with Gasteiger partial charge in [-0.2, -0.15) is 13.2 Å². The van der Waals surface area contributed by atoms with Crippen molar-refractivity contribution in [1.82, 2.24) is 15.0 Å². The molecule has 0 fully saturated rings. The number of carbonyl (C=O) groups is 1. The fourth-order valence-corrected chi connectivity index (χ4v) is 2.26. The lowest BCUT2D eigenvalue weighted by Crippen LogP contribution is -2.13. The summed E-state index contributed by atoms with van der Waals surface area (Å²) >= 11 is 2.98. The molecular weight excluding hydrogens is 388 g/mol. The minimum absolute atomic E-state index is 0.00562. The minimum atomic E-state index is -4.56. The van der Waals surface area contributed by atoms with Gasteiger partial charge in [0.15, 0.2) is 0 Å². The third-order valence-corrected chi connectivity index (χ3v) is 3.34. The number of halogens is 5. The molecule has 2 rings (SSSR count). The summed E-state index contributed by atoms with van der Waals surface area (Å²) < 4.78 is 57.5. The number of fused-ring (bicyclic) bond motifs is 1. The van der Waals surface area contributed by atoms with Crippen LogP contribution in [0, 0.1) is 0 Å². The van der Waals surface area contributed by atoms with Crippen molar-refractivity contribution in [2.45, 2.75) is 12.7 Å². The number of alkyl halides is 3. The number of carbonyl (C=O) groups excluding carboxylic acids is 1. The van der Waals surface area contributed by atoms with Crippen LogP contribution in [0.2, 0.25) is 0 Å². The van der Waals surface area contributed by atoms with E-state index in [-0.39, 0.29) is 15.5 Å². The molecule has 0 spiro atoms. The highest BCUT2D eigenvalue weighted by molar-refractivity contribution is 9.10. The molecule has 0 radical (unpaired) electrons. The Hall–Kier alpha value is -2.17. The van der Waals surface area contributed by atoms with E-state index < -0.39 is 36.8 Å². The molecular formula is C12H9BrF4N4O2. The van der Waals surface area contributed by atoms with Gasteiger partial charge < -0.3 is 10.5 Å². The molecule has 1 heterocycles. The zero-order valence-corrected chi connectivity index (χ0v) is 12.9. The zero-order valence-electron chi connectivity index (χ0n) is 11.3. The maximum Gasteiger partial charge on any atom is 0.416 e. The zero-order chi connectivity index (χ0) is 17.2. The summed E-state index contributed by atoms with van der Waals surface area (Å²) in [5.41, 5.74) is 3.97. The summed E-state index contributed by atoms with van der Waals surface area (Å²) in [6.45, 7) is -0.863. The summed E-state index contributed by atoms with van der Waals surface area (Å²) in [6, 6.07) is 1.70. The van der Waals surface area contributed by atoms with E-state index in [0.29, 0.717) is 0 Å². The maximum absolute atomic E-state index is 13.7. The van der Waals surface area contributed by atoms with E-state index in [2.05, 4.69) is 31.0 Å². The number of aromatic nitrogens is 3. The molecule has 0 saturated heterocycles. The van der Waals surface area contributed by atoms with Gasteiger partial charge in [0.25, 0.3) is 0 Å². The molecule has 124 valence electrons. The molecule has 2 N–H and O–H groups in total. The number of nitrogens with zero attached hydrogens (tertiary/aromatic N) is 3. The average Bonchev–Trinajstić information content (AvgIpc) is 2.81. The van der Waals surface area contributed by atoms with Crippen LogP contribution < -0.4 is 5.73 Å². The predicted octanol–water partition coefficient (Wildman–Crippen LogP) is 3.16. The summed E-state index contributed by atoms with van der Waals surface area (Å²) in [4.78, 5) is 10.4. The Bertz CT molecular complexity index is 772. The molecule has 0 aliphatic heterocycles. The number of allylic oxidation sites excluding steroid dienone is 1. The number of amides is 1. The van der Waals surface area contributed by atoms with Gasteiger partial charge in [0.1, 0.15) is 18.0 Å². The quantitative estimate of drug-likeness (QED) is 0.804. The Labute approximate surface area is 135 Å². The topological polar surface area (TPSA) is 83.0 Å². The highest BCUT2D eigenvalue weighted by Gasteiger charge is 2.32. The van der Waals surface area contributed by atoms with E-state index in [1.54, 1.807) is 0 Å². The van der Waals surface area contributed by atoms with Gasteiger partial charge in [-0.05, 0) is 34.1 Å². The lowest BCUT2D eigenvalue weighted by molar-refractivity contribution is -0.137. The number of hydrogen-bond donors (Lipinski definition) is 1. The molecule has 0 aliphatic rings. The molecule has 6 nitrogen and oxygen atoms in total. The first kappa shape index (κ1) is 17.2. The Kier molecular flexibility index (Phi) is 4.88. The van der Waals surface area contributed by atoms with Crippen molar-refractivity contribution in [3.05, 3.63) is 34.1 Å². The van der Waals surface area contributed by atoms with Crippen LogP contribution in [0.3, 0.4) is 0 Å². The first-order valence-corrected chi connectivity index (χ1v) is 6.84. The van der Waals surface area contributed by atoms with Crippen molar-refractivity contribution in [3.8, 4) is 0 Å². The number of rotatable bonds is 4. The summed E-state index contributed by atoms with van der Waals surface area (Å²) in [5.74, 6) is -0.772. The first-order valence-electron chi connectivity index (χ1n) is 6.05. The molecule has 0 aliphatic carbocycles. The van der Waals surface area contributed by atoms with Crippen LogP contribution in [0.15, 0.2) is 28.5 Å². The average molecular weight is 397 g/mol. The summed E-state index contributed by atoms with van der Waals surface area (Å²) in [5, 5.41) is 7.32. The van der Waals surface area contributed by atoms with E-state index in [1.165, 1.54) is 0 Å². The van der Waals surface area contributed by atoms with Crippen LogP contribution in [0.25, 0.3) is 11.0 Å². The molecule has 0 unspecified atom stereocenters. The number of primary amides is 1. The number of hydrogen-bond acceptors (Lipinski definition) is 4. The van der Waals surface area contributed by atoms with Gasteiger partial charge in [0, 0.05) is 4.47 Å². The number of ether oxygens (including phenoxy) is 1. The van der Waals surface area contributed by atoms with Crippen molar-refractivity contribution >= 4 is 33.1 Å². The largest absolute Gasteiger partial charge is 0.445 e. The Morgan fingerprint density at radius 3 is 2.74 bits per heavy atom. The Morgan fingerprint density at radius 1 is 1.43 bits per heavy atom. The van der Waals surface area contributed by atoms with E-state index in [0.717, 1.165) is 22.9 Å². The second kappa shape index (κ2) is 6.52. The monoisotopic (exact) mass is 396 g/mol. The third kappa shape index (κ3) is 4.18. The second-order valence-corrected chi connectivity index (χ2v) is 5.21. The highest BCUT2D eigenvalue weighted by Crippen LogP contribution is 2.34. The predicted molar refractivity (Wildman–Crippen MR) is 75.0 cm³/mol. The van der Waals surface area contributed by atoms with Crippen LogP contribution in [0.4, 0.5) is 22.4 Å². The number of nitrogens with two attached hydrogens (primary N) is 1. The SMILES string of the molecule is NC(=O)OC/C=C(\F)Cn1nnc2c(Br)cc(C(F)(F)F)cc21. The van der Waals surface area contributed by atoms with E-state index in [4.69, 9.17) is 5.73 Å². The molecule has 0 saturated carbocycles. The standard InChI is InChI=1S/C12H9BrF4N4O2/c13-8-3-6(12(15,16)17)4-9-10(8)19-20-21(9)5-7(14)1-2-23-11(18)22/h1,3-4H,2,5H2,(H2,18,22)/b7-1-. The van der Waals surface area contributed by atoms with Crippen molar-refractivity contribution in [1.29, 1.82) is 0 Å². The lowest BCUT2D eigenvalue weighted by Gasteiger charge is -2.08. The molecule has 1 aromatic heterocycles. The van der Waals surface area contributed by atoms with E-state index in [9.17, 15) is 22.4 Å². The van der Waals surface area contributed by atoms with E-state index >= 15 is 0 Å². The summed E-state index contributed by atoms with van der Waals surface area (Å²) in [7, 11) is 0. The molecule has 1 amide bonds. The van der Waals surface area contributed by atoms with Crippen LogP contribution in [0.5, 0.6) is 0 Å². The van der Waals surface area contributed by atoms with Gasteiger partial charge in [-0.3, -0.25) is 0 Å². The molecule has 0 bridgehead atoms. The van der Waals surface area contributed by atoms with Gasteiger partial charge in [-0.1, -0.05) is 5.21 Å². The van der Waals surface area contributed by atoms with E-state index in [1.807, 2.05) is 0 Å². The van der Waals surface area contributed by atoms with Gasteiger partial charge in [-0.15, -0.1) is 5.10 Å². The van der Waals surface area contributed by atoms with Crippen LogP contribution in [0.1, 0.15) is 5.56 Å². The second-order valence-electron chi connectivity index (χ2n) is 4.35. The molecule has 11 heteroatoms. The molecule has 1 aromatic carbocycles. The minimum Gasteiger partial charge on any atom is -0.445 e. The Balaban J connectivity index is 2.31. The van der Waals surface area contributed by atoms with Crippen LogP contribution >= 0.6 is 15.9 Å². The van der Waals surface area contributed by atoms with Crippen molar-refractivity contribution in [2.24, 2.45) is 5.73 Å². The molecule has 2 aromatic rings. The fourth-order valence-electron chi connectivity index (χ4n) is 1.73. The molecule has 23 heavy (non-hydrogen) atoms. The first-order chi connectivity index (χ1) is 10.7. The smallest absolute Gasteiger partial charge is 0.416 e.